The van der Waals surface area contributed by atoms with E-state index in [0.717, 1.165) is 37.4 Å². The molecule has 0 radical (unpaired) electrons. The molecule has 1 N–H and O–H groups in total. The van der Waals surface area contributed by atoms with Crippen molar-refractivity contribution >= 4 is 17.5 Å². The Morgan fingerprint density at radius 3 is 2.43 bits per heavy atom. The summed E-state index contributed by atoms with van der Waals surface area (Å²) in [5.74, 6) is -0.322. The number of halogens is 1. The number of anilines is 1. The highest BCUT2D eigenvalue weighted by molar-refractivity contribution is 5.92. The van der Waals surface area contributed by atoms with Gasteiger partial charge >= 0.3 is 0 Å². The van der Waals surface area contributed by atoms with Crippen molar-refractivity contribution in [2.24, 2.45) is 0 Å². The number of amides is 2. The van der Waals surface area contributed by atoms with Crippen LogP contribution in [0, 0.1) is 5.82 Å². The molecule has 3 rings (SSSR count). The van der Waals surface area contributed by atoms with E-state index < -0.39 is 0 Å². The normalized spacial score (nSPS) is 16.1. The topological polar surface area (TPSA) is 55.9 Å². The summed E-state index contributed by atoms with van der Waals surface area (Å²) in [5, 5.41) is 2.90. The zero-order valence-electron chi connectivity index (χ0n) is 17.6. The Balaban J connectivity index is 1.44. The van der Waals surface area contributed by atoms with Gasteiger partial charge in [-0.1, -0.05) is 30.3 Å². The van der Waals surface area contributed by atoms with Gasteiger partial charge in [-0.15, -0.1) is 0 Å². The van der Waals surface area contributed by atoms with Crippen molar-refractivity contribution in [2.45, 2.75) is 19.5 Å². The van der Waals surface area contributed by atoms with Crippen molar-refractivity contribution in [1.82, 2.24) is 14.7 Å². The van der Waals surface area contributed by atoms with Crippen LogP contribution in [-0.2, 0) is 16.1 Å². The van der Waals surface area contributed by atoms with Crippen LogP contribution < -0.4 is 5.32 Å². The summed E-state index contributed by atoms with van der Waals surface area (Å²) >= 11 is 0. The van der Waals surface area contributed by atoms with Crippen LogP contribution in [0.25, 0.3) is 0 Å². The van der Waals surface area contributed by atoms with E-state index in [1.54, 1.807) is 18.0 Å². The molecular formula is C23H29FN4O2. The van der Waals surface area contributed by atoms with Gasteiger partial charge < -0.3 is 10.2 Å². The van der Waals surface area contributed by atoms with Gasteiger partial charge in [-0.25, -0.2) is 4.39 Å². The molecule has 1 fully saturated rings. The van der Waals surface area contributed by atoms with Gasteiger partial charge in [0, 0.05) is 45.5 Å². The lowest BCUT2D eigenvalue weighted by Gasteiger charge is -2.38. The van der Waals surface area contributed by atoms with Crippen LogP contribution in [-0.4, -0.2) is 72.3 Å². The molecule has 0 aromatic heterocycles. The fourth-order valence-electron chi connectivity index (χ4n) is 3.70. The number of hydrogen-bond donors (Lipinski definition) is 1. The Hall–Kier alpha value is -2.77. The summed E-state index contributed by atoms with van der Waals surface area (Å²) in [6.45, 7) is 5.52. The SMILES string of the molecule is CC(C(=O)N(C)Cc1cccc(F)c1)N1CCN(CC(=O)Nc2ccccc2)CC1. The first-order valence-corrected chi connectivity index (χ1v) is 10.2. The lowest BCUT2D eigenvalue weighted by molar-refractivity contribution is -0.136. The smallest absolute Gasteiger partial charge is 0.239 e. The van der Waals surface area contributed by atoms with Crippen LogP contribution in [0.1, 0.15) is 12.5 Å². The Bertz CT molecular complexity index is 853. The van der Waals surface area contributed by atoms with Gasteiger partial charge in [0.1, 0.15) is 5.82 Å². The summed E-state index contributed by atoms with van der Waals surface area (Å²) in [5.41, 5.74) is 1.56. The molecule has 2 aromatic carbocycles. The molecule has 1 saturated heterocycles. The predicted octanol–water partition coefficient (Wildman–Crippen LogP) is 2.43. The predicted molar refractivity (Wildman–Crippen MR) is 115 cm³/mol. The van der Waals surface area contributed by atoms with Gasteiger partial charge in [-0.2, -0.15) is 0 Å². The Labute approximate surface area is 177 Å². The molecule has 2 aromatic rings. The van der Waals surface area contributed by atoms with E-state index >= 15 is 0 Å². The molecule has 0 aliphatic carbocycles. The average Bonchev–Trinajstić information content (AvgIpc) is 2.74. The number of carbonyl (C=O) groups excluding carboxylic acids is 2. The van der Waals surface area contributed by atoms with Gasteiger partial charge in [0.15, 0.2) is 0 Å². The summed E-state index contributed by atoms with van der Waals surface area (Å²) < 4.78 is 13.4. The van der Waals surface area contributed by atoms with Gasteiger partial charge in [-0.3, -0.25) is 19.4 Å². The summed E-state index contributed by atoms with van der Waals surface area (Å²) in [6.07, 6.45) is 0. The number of benzene rings is 2. The lowest BCUT2D eigenvalue weighted by atomic mass is 10.1. The van der Waals surface area contributed by atoms with E-state index in [9.17, 15) is 14.0 Å². The number of nitrogens with zero attached hydrogens (tertiary/aromatic N) is 3. The highest BCUT2D eigenvalue weighted by Crippen LogP contribution is 2.12. The molecule has 1 atom stereocenters. The number of likely N-dealkylation sites (N-methyl/N-ethyl adjacent to an activating group) is 1. The molecule has 0 saturated carbocycles. The molecule has 1 unspecified atom stereocenters. The van der Waals surface area contributed by atoms with Crippen molar-refractivity contribution in [3.63, 3.8) is 0 Å². The molecule has 2 amide bonds. The van der Waals surface area contributed by atoms with Crippen LogP contribution in [0.2, 0.25) is 0 Å². The highest BCUT2D eigenvalue weighted by Gasteiger charge is 2.28. The van der Waals surface area contributed by atoms with Crippen molar-refractivity contribution in [1.29, 1.82) is 0 Å². The Kier molecular flexibility index (Phi) is 7.54. The third-order valence-electron chi connectivity index (χ3n) is 5.42. The zero-order chi connectivity index (χ0) is 21.5. The van der Waals surface area contributed by atoms with Crippen LogP contribution in [0.15, 0.2) is 54.6 Å². The van der Waals surface area contributed by atoms with E-state index in [1.165, 1.54) is 12.1 Å². The monoisotopic (exact) mass is 412 g/mol. The van der Waals surface area contributed by atoms with Crippen molar-refractivity contribution in [3.05, 3.63) is 66.0 Å². The van der Waals surface area contributed by atoms with Crippen LogP contribution >= 0.6 is 0 Å². The quantitative estimate of drug-likeness (QED) is 0.759. The van der Waals surface area contributed by atoms with Crippen LogP contribution in [0.4, 0.5) is 10.1 Å². The molecule has 1 aliphatic heterocycles. The third kappa shape index (κ3) is 6.11. The van der Waals surface area contributed by atoms with E-state index in [4.69, 9.17) is 0 Å². The van der Waals surface area contributed by atoms with Gasteiger partial charge in [0.05, 0.1) is 12.6 Å². The molecule has 0 spiro atoms. The molecule has 6 nitrogen and oxygen atoms in total. The van der Waals surface area contributed by atoms with E-state index in [2.05, 4.69) is 15.1 Å². The molecule has 7 heteroatoms. The summed E-state index contributed by atoms with van der Waals surface area (Å²) in [6, 6.07) is 15.5. The number of carbonyl (C=O) groups is 2. The first kappa shape index (κ1) is 21.9. The molecular weight excluding hydrogens is 383 g/mol. The maximum absolute atomic E-state index is 13.4. The minimum Gasteiger partial charge on any atom is -0.340 e. The van der Waals surface area contributed by atoms with Crippen molar-refractivity contribution < 1.29 is 14.0 Å². The number of rotatable bonds is 7. The third-order valence-corrected chi connectivity index (χ3v) is 5.42. The molecule has 160 valence electrons. The van der Waals surface area contributed by atoms with E-state index in [1.807, 2.05) is 43.3 Å². The van der Waals surface area contributed by atoms with E-state index in [-0.39, 0.29) is 23.7 Å². The Morgan fingerprint density at radius 2 is 1.77 bits per heavy atom. The maximum atomic E-state index is 13.4. The average molecular weight is 413 g/mol. The summed E-state index contributed by atoms with van der Waals surface area (Å²) in [4.78, 5) is 30.9. The van der Waals surface area contributed by atoms with Crippen molar-refractivity contribution in [2.75, 3.05) is 45.1 Å². The fourth-order valence-corrected chi connectivity index (χ4v) is 3.70. The molecule has 0 bridgehead atoms. The van der Waals surface area contributed by atoms with Crippen LogP contribution in [0.5, 0.6) is 0 Å². The minimum absolute atomic E-state index is 0.00883. The lowest BCUT2D eigenvalue weighted by Crippen LogP contribution is -2.54. The standard InChI is InChI=1S/C23H29FN4O2/c1-18(23(30)26(2)16-19-7-6-8-20(24)15-19)28-13-11-27(12-14-28)17-22(29)25-21-9-4-3-5-10-21/h3-10,15,18H,11-14,16-17H2,1-2H3,(H,25,29). The molecule has 1 heterocycles. The molecule has 30 heavy (non-hydrogen) atoms. The zero-order valence-corrected chi connectivity index (χ0v) is 17.6. The number of para-hydroxylation sites is 1. The van der Waals surface area contributed by atoms with Crippen LogP contribution in [0.3, 0.4) is 0 Å². The number of nitrogens with one attached hydrogen (secondary N) is 1. The van der Waals surface area contributed by atoms with Crippen molar-refractivity contribution in [3.8, 4) is 0 Å². The van der Waals surface area contributed by atoms with E-state index in [0.29, 0.717) is 13.1 Å². The second kappa shape index (κ2) is 10.3. The van der Waals surface area contributed by atoms with Gasteiger partial charge in [0.25, 0.3) is 0 Å². The second-order valence-electron chi connectivity index (χ2n) is 7.73. The largest absolute Gasteiger partial charge is 0.340 e. The summed E-state index contributed by atoms with van der Waals surface area (Å²) in [7, 11) is 1.74. The first-order valence-electron chi connectivity index (χ1n) is 10.2. The Morgan fingerprint density at radius 1 is 1.07 bits per heavy atom. The second-order valence-corrected chi connectivity index (χ2v) is 7.73. The maximum Gasteiger partial charge on any atom is 0.239 e. The first-order chi connectivity index (χ1) is 14.4. The van der Waals surface area contributed by atoms with Gasteiger partial charge in [0.2, 0.25) is 11.8 Å². The number of hydrogen-bond acceptors (Lipinski definition) is 4. The van der Waals surface area contributed by atoms with Gasteiger partial charge in [-0.05, 0) is 36.8 Å². The molecule has 1 aliphatic rings. The fraction of sp³-hybridized carbons (Fsp3) is 0.391. The minimum atomic E-state index is -0.297. The highest BCUT2D eigenvalue weighted by atomic mass is 19.1. The number of piperazine rings is 1.